The fourth-order valence-electron chi connectivity index (χ4n) is 0.977. The molecule has 0 aromatic carbocycles. The lowest BCUT2D eigenvalue weighted by atomic mass is 10.2. The molecule has 6 heteroatoms. The van der Waals surface area contributed by atoms with E-state index in [1.54, 1.807) is 4.57 Å². The summed E-state index contributed by atoms with van der Waals surface area (Å²) in [6.07, 6.45) is 2.86. The van der Waals surface area contributed by atoms with Gasteiger partial charge < -0.3 is 20.4 Å². The number of hydrogen-bond donors (Lipinski definition) is 1. The van der Waals surface area contributed by atoms with Crippen molar-refractivity contribution < 1.29 is 4.92 Å². The zero-order valence-electron chi connectivity index (χ0n) is 7.38. The number of imidazole rings is 1. The minimum Gasteiger partial charge on any atom is -0.358 e. The van der Waals surface area contributed by atoms with Crippen LogP contribution in [0.1, 0.15) is 6.92 Å². The van der Waals surface area contributed by atoms with Crippen molar-refractivity contribution in [2.45, 2.75) is 13.5 Å². The molecule has 0 aliphatic heterocycles. The first-order valence-electron chi connectivity index (χ1n) is 3.99. The van der Waals surface area contributed by atoms with Crippen LogP contribution in [0.4, 0.5) is 5.82 Å². The Labute approximate surface area is 75.5 Å². The van der Waals surface area contributed by atoms with E-state index in [4.69, 9.17) is 5.73 Å². The van der Waals surface area contributed by atoms with Gasteiger partial charge in [0.1, 0.15) is 6.20 Å². The molecule has 1 aromatic rings. The Morgan fingerprint density at radius 3 is 3.00 bits per heavy atom. The number of aromatic nitrogens is 2. The van der Waals surface area contributed by atoms with E-state index in [1.165, 1.54) is 12.5 Å². The van der Waals surface area contributed by atoms with Crippen molar-refractivity contribution in [1.29, 1.82) is 0 Å². The second-order valence-corrected chi connectivity index (χ2v) is 3.03. The van der Waals surface area contributed by atoms with Gasteiger partial charge in [-0.25, -0.2) is 0 Å². The third-order valence-corrected chi connectivity index (χ3v) is 1.73. The van der Waals surface area contributed by atoms with E-state index in [1.807, 2.05) is 6.92 Å². The van der Waals surface area contributed by atoms with Crippen molar-refractivity contribution in [1.82, 2.24) is 9.55 Å². The average Bonchev–Trinajstić information content (AvgIpc) is 2.52. The first-order chi connectivity index (χ1) is 6.13. The number of nitrogens with zero attached hydrogens (tertiary/aromatic N) is 3. The van der Waals surface area contributed by atoms with Crippen LogP contribution in [0.2, 0.25) is 0 Å². The summed E-state index contributed by atoms with van der Waals surface area (Å²) in [5.41, 5.74) is 5.42. The van der Waals surface area contributed by atoms with Crippen molar-refractivity contribution in [3.8, 4) is 0 Å². The fourth-order valence-corrected chi connectivity index (χ4v) is 0.977. The molecule has 0 spiro atoms. The summed E-state index contributed by atoms with van der Waals surface area (Å²) in [7, 11) is 0. The monoisotopic (exact) mass is 184 g/mol. The van der Waals surface area contributed by atoms with Gasteiger partial charge in [-0.2, -0.15) is 0 Å². The maximum absolute atomic E-state index is 10.3. The second-order valence-electron chi connectivity index (χ2n) is 3.03. The first kappa shape index (κ1) is 9.66. The molecule has 13 heavy (non-hydrogen) atoms. The minimum absolute atomic E-state index is 0.121. The molecule has 72 valence electrons. The maximum Gasteiger partial charge on any atom is 0.381 e. The van der Waals surface area contributed by atoms with Crippen LogP contribution in [0.15, 0.2) is 12.5 Å². The lowest BCUT2D eigenvalue weighted by molar-refractivity contribution is -0.389. The third-order valence-electron chi connectivity index (χ3n) is 1.73. The second kappa shape index (κ2) is 3.99. The smallest absolute Gasteiger partial charge is 0.358 e. The normalized spacial score (nSPS) is 12.8. The lowest BCUT2D eigenvalue weighted by Crippen LogP contribution is -2.16. The maximum atomic E-state index is 10.3. The topological polar surface area (TPSA) is 87.0 Å². The Bertz CT molecular complexity index is 296. The molecule has 1 aromatic heterocycles. The number of hydrogen-bond acceptors (Lipinski definition) is 4. The van der Waals surface area contributed by atoms with Crippen molar-refractivity contribution in [3.63, 3.8) is 0 Å². The van der Waals surface area contributed by atoms with Gasteiger partial charge in [0.2, 0.25) is 6.33 Å². The fraction of sp³-hybridized carbons (Fsp3) is 0.571. The van der Waals surface area contributed by atoms with Crippen molar-refractivity contribution in [2.75, 3.05) is 6.54 Å². The third kappa shape index (κ3) is 2.51. The molecule has 0 saturated heterocycles. The molecular weight excluding hydrogens is 172 g/mol. The van der Waals surface area contributed by atoms with E-state index in [0.29, 0.717) is 19.0 Å². The molecule has 0 radical (unpaired) electrons. The quantitative estimate of drug-likeness (QED) is 0.541. The van der Waals surface area contributed by atoms with E-state index in [9.17, 15) is 10.1 Å². The van der Waals surface area contributed by atoms with Gasteiger partial charge in [-0.15, -0.1) is 0 Å². The Morgan fingerprint density at radius 1 is 1.85 bits per heavy atom. The molecule has 0 saturated carbocycles. The standard InChI is InChI=1S/C7H12N4O2/c1-6(2-8)3-10-4-7(9-5-10)11(12)13/h4-6H,2-3,8H2,1H3. The van der Waals surface area contributed by atoms with Crippen LogP contribution < -0.4 is 5.73 Å². The number of nitro groups is 1. The van der Waals surface area contributed by atoms with Gasteiger partial charge >= 0.3 is 5.82 Å². The van der Waals surface area contributed by atoms with E-state index < -0.39 is 4.92 Å². The van der Waals surface area contributed by atoms with Crippen molar-refractivity contribution in [2.24, 2.45) is 11.7 Å². The molecule has 1 heterocycles. The van der Waals surface area contributed by atoms with Crippen LogP contribution in [0.3, 0.4) is 0 Å². The SMILES string of the molecule is CC(CN)Cn1cnc([N+](=O)[O-])c1. The molecule has 0 fully saturated rings. The first-order valence-corrected chi connectivity index (χ1v) is 3.99. The molecular formula is C7H12N4O2. The summed E-state index contributed by atoms with van der Waals surface area (Å²) >= 11 is 0. The lowest BCUT2D eigenvalue weighted by Gasteiger charge is -2.06. The molecule has 0 aliphatic rings. The van der Waals surface area contributed by atoms with Gasteiger partial charge in [-0.05, 0) is 22.4 Å². The molecule has 1 unspecified atom stereocenters. The van der Waals surface area contributed by atoms with Gasteiger partial charge in [-0.3, -0.25) is 0 Å². The zero-order chi connectivity index (χ0) is 9.84. The Kier molecular flexibility index (Phi) is 2.97. The summed E-state index contributed by atoms with van der Waals surface area (Å²) in [5, 5.41) is 10.3. The van der Waals surface area contributed by atoms with Crippen LogP contribution in [0.25, 0.3) is 0 Å². The predicted molar refractivity (Wildman–Crippen MR) is 47.1 cm³/mol. The molecule has 1 rings (SSSR count). The highest BCUT2D eigenvalue weighted by atomic mass is 16.6. The van der Waals surface area contributed by atoms with Gasteiger partial charge in [0.25, 0.3) is 0 Å². The number of nitrogens with two attached hydrogens (primary N) is 1. The number of rotatable bonds is 4. The van der Waals surface area contributed by atoms with E-state index >= 15 is 0 Å². The predicted octanol–water partition coefficient (Wildman–Crippen LogP) is 0.386. The molecule has 6 nitrogen and oxygen atoms in total. The van der Waals surface area contributed by atoms with Crippen molar-refractivity contribution >= 4 is 5.82 Å². The van der Waals surface area contributed by atoms with Gasteiger partial charge in [-0.1, -0.05) is 6.92 Å². The van der Waals surface area contributed by atoms with Gasteiger partial charge in [0.05, 0.1) is 0 Å². The molecule has 0 bridgehead atoms. The Morgan fingerprint density at radius 2 is 2.54 bits per heavy atom. The van der Waals surface area contributed by atoms with E-state index in [0.717, 1.165) is 0 Å². The zero-order valence-corrected chi connectivity index (χ0v) is 7.38. The van der Waals surface area contributed by atoms with Crippen LogP contribution in [-0.4, -0.2) is 21.0 Å². The summed E-state index contributed by atoms with van der Waals surface area (Å²) in [6, 6.07) is 0. The van der Waals surface area contributed by atoms with Gasteiger partial charge in [0.15, 0.2) is 0 Å². The average molecular weight is 184 g/mol. The van der Waals surface area contributed by atoms with E-state index in [2.05, 4.69) is 4.98 Å². The summed E-state index contributed by atoms with van der Waals surface area (Å²) in [6.45, 7) is 3.20. The van der Waals surface area contributed by atoms with Crippen LogP contribution in [0, 0.1) is 16.0 Å². The Balaban J connectivity index is 2.64. The molecule has 0 amide bonds. The highest BCUT2D eigenvalue weighted by molar-refractivity contribution is 5.12. The molecule has 2 N–H and O–H groups in total. The highest BCUT2D eigenvalue weighted by Crippen LogP contribution is 2.07. The minimum atomic E-state index is -0.510. The Hall–Kier alpha value is -1.43. The van der Waals surface area contributed by atoms with Crippen molar-refractivity contribution in [3.05, 3.63) is 22.6 Å². The van der Waals surface area contributed by atoms with Gasteiger partial charge in [0, 0.05) is 6.54 Å². The van der Waals surface area contributed by atoms with E-state index in [-0.39, 0.29) is 5.82 Å². The summed E-state index contributed by atoms with van der Waals surface area (Å²) in [5.74, 6) is 0.179. The molecule has 1 atom stereocenters. The largest absolute Gasteiger partial charge is 0.381 e. The summed E-state index contributed by atoms with van der Waals surface area (Å²) < 4.78 is 1.68. The van der Waals surface area contributed by atoms with Crippen LogP contribution in [0.5, 0.6) is 0 Å². The molecule has 0 aliphatic carbocycles. The highest BCUT2D eigenvalue weighted by Gasteiger charge is 2.10. The van der Waals surface area contributed by atoms with Crippen LogP contribution in [-0.2, 0) is 6.54 Å². The summed E-state index contributed by atoms with van der Waals surface area (Å²) in [4.78, 5) is 13.4. The van der Waals surface area contributed by atoms with Crippen LogP contribution >= 0.6 is 0 Å².